The van der Waals surface area contributed by atoms with Crippen molar-refractivity contribution >= 4 is 0 Å². The van der Waals surface area contributed by atoms with Gasteiger partial charge < -0.3 is 5.32 Å². The van der Waals surface area contributed by atoms with Crippen molar-refractivity contribution in [1.82, 2.24) is 15.1 Å². The van der Waals surface area contributed by atoms with E-state index in [0.717, 1.165) is 24.9 Å². The lowest BCUT2D eigenvalue weighted by atomic mass is 9.66. The third kappa shape index (κ3) is 3.85. The van der Waals surface area contributed by atoms with Crippen LogP contribution < -0.4 is 5.32 Å². The number of aryl methyl sites for hydroxylation is 1. The highest BCUT2D eigenvalue weighted by atomic mass is 15.3. The van der Waals surface area contributed by atoms with E-state index in [-0.39, 0.29) is 0 Å². The minimum Gasteiger partial charge on any atom is -0.316 e. The minimum atomic E-state index is 0.462. The largest absolute Gasteiger partial charge is 0.316 e. The summed E-state index contributed by atoms with van der Waals surface area (Å²) >= 11 is 0. The van der Waals surface area contributed by atoms with Crippen LogP contribution in [0.15, 0.2) is 12.3 Å². The van der Waals surface area contributed by atoms with Crippen molar-refractivity contribution < 1.29 is 0 Å². The second-order valence-corrected chi connectivity index (χ2v) is 7.71. The molecule has 3 heteroatoms. The lowest BCUT2D eigenvalue weighted by molar-refractivity contribution is 0.154. The molecule has 114 valence electrons. The van der Waals surface area contributed by atoms with Crippen LogP contribution in [0.4, 0.5) is 0 Å². The van der Waals surface area contributed by atoms with Gasteiger partial charge >= 0.3 is 0 Å². The Hall–Kier alpha value is -0.830. The first-order chi connectivity index (χ1) is 9.39. The molecule has 0 bridgehead atoms. The Morgan fingerprint density at radius 1 is 1.45 bits per heavy atom. The molecule has 2 rings (SSSR count). The molecule has 0 saturated heterocycles. The summed E-state index contributed by atoms with van der Waals surface area (Å²) in [6.07, 6.45) is 5.89. The fourth-order valence-corrected chi connectivity index (χ4v) is 3.54. The maximum absolute atomic E-state index is 4.38. The van der Waals surface area contributed by atoms with E-state index in [9.17, 15) is 0 Å². The van der Waals surface area contributed by atoms with Crippen LogP contribution in [0, 0.1) is 17.3 Å². The van der Waals surface area contributed by atoms with E-state index in [0.29, 0.717) is 11.3 Å². The molecule has 0 radical (unpaired) electrons. The zero-order chi connectivity index (χ0) is 14.8. The van der Waals surface area contributed by atoms with E-state index < -0.39 is 0 Å². The molecule has 1 saturated carbocycles. The normalized spacial score (nSPS) is 26.1. The van der Waals surface area contributed by atoms with Crippen molar-refractivity contribution in [3.8, 4) is 0 Å². The third-order valence-corrected chi connectivity index (χ3v) is 4.73. The average Bonchev–Trinajstić information content (AvgIpc) is 2.76. The highest BCUT2D eigenvalue weighted by Gasteiger charge is 2.36. The summed E-state index contributed by atoms with van der Waals surface area (Å²) in [4.78, 5) is 0. The molecule has 0 aliphatic heterocycles. The molecular formula is C17H31N3. The van der Waals surface area contributed by atoms with E-state index >= 15 is 0 Å². The van der Waals surface area contributed by atoms with Crippen molar-refractivity contribution in [2.75, 3.05) is 13.1 Å². The van der Waals surface area contributed by atoms with Gasteiger partial charge in [-0.05, 0) is 55.7 Å². The summed E-state index contributed by atoms with van der Waals surface area (Å²) in [5, 5.41) is 8.04. The highest BCUT2D eigenvalue weighted by Crippen LogP contribution is 2.46. The summed E-state index contributed by atoms with van der Waals surface area (Å²) in [5.41, 5.74) is 1.87. The van der Waals surface area contributed by atoms with Crippen molar-refractivity contribution in [1.29, 1.82) is 0 Å². The van der Waals surface area contributed by atoms with Crippen molar-refractivity contribution in [3.63, 3.8) is 0 Å². The monoisotopic (exact) mass is 277 g/mol. The average molecular weight is 277 g/mol. The first kappa shape index (κ1) is 15.6. The van der Waals surface area contributed by atoms with Crippen LogP contribution in [0.5, 0.6) is 0 Å². The molecule has 1 aromatic rings. The molecule has 20 heavy (non-hydrogen) atoms. The van der Waals surface area contributed by atoms with Crippen molar-refractivity contribution in [2.45, 2.75) is 52.9 Å². The maximum atomic E-state index is 4.38. The van der Waals surface area contributed by atoms with Crippen molar-refractivity contribution in [3.05, 3.63) is 18.0 Å². The quantitative estimate of drug-likeness (QED) is 0.891. The van der Waals surface area contributed by atoms with Gasteiger partial charge in [-0.25, -0.2) is 0 Å². The lowest BCUT2D eigenvalue weighted by Gasteiger charge is -2.41. The second-order valence-electron chi connectivity index (χ2n) is 7.71. The van der Waals surface area contributed by atoms with Crippen LogP contribution in [-0.4, -0.2) is 22.9 Å². The molecule has 0 spiro atoms. The van der Waals surface area contributed by atoms with Gasteiger partial charge in [-0.15, -0.1) is 0 Å². The number of nitrogens with zero attached hydrogens (tertiary/aromatic N) is 2. The Morgan fingerprint density at radius 2 is 2.20 bits per heavy atom. The van der Waals surface area contributed by atoms with Gasteiger partial charge in [0.25, 0.3) is 0 Å². The summed E-state index contributed by atoms with van der Waals surface area (Å²) in [6, 6.07) is 2.21. The second kappa shape index (κ2) is 6.30. The fourth-order valence-electron chi connectivity index (χ4n) is 3.54. The number of nitrogens with one attached hydrogen (secondary N) is 1. The van der Waals surface area contributed by atoms with Gasteiger partial charge in [0, 0.05) is 24.9 Å². The number of hydrogen-bond acceptors (Lipinski definition) is 2. The number of rotatable bonds is 5. The minimum absolute atomic E-state index is 0.462. The van der Waals surface area contributed by atoms with Crippen LogP contribution in [0.3, 0.4) is 0 Å². The smallest absolute Gasteiger partial charge is 0.0492 e. The molecule has 1 aliphatic carbocycles. The van der Waals surface area contributed by atoms with Crippen LogP contribution in [0.1, 0.15) is 58.6 Å². The summed E-state index contributed by atoms with van der Waals surface area (Å²) in [6.45, 7) is 11.6. The van der Waals surface area contributed by atoms with Gasteiger partial charge in [0.1, 0.15) is 0 Å². The Balaban J connectivity index is 2.07. The molecule has 0 amide bonds. The first-order valence-corrected chi connectivity index (χ1v) is 8.07. The Labute approximate surface area is 124 Å². The zero-order valence-electron chi connectivity index (χ0n) is 13.8. The molecule has 1 N–H and O–H groups in total. The summed E-state index contributed by atoms with van der Waals surface area (Å²) in [5.74, 6) is 2.12. The molecule has 0 aromatic carbocycles. The van der Waals surface area contributed by atoms with Gasteiger partial charge in [-0.3, -0.25) is 4.68 Å². The standard InChI is InChI=1S/C17H31N3/c1-13(2)11-18-12-14-6-8-17(3,4)10-15(14)16-7-9-19-20(16)5/h7,9,13-15,18H,6,8,10-12H2,1-5H3. The molecular weight excluding hydrogens is 246 g/mol. The van der Waals surface area contributed by atoms with Crippen LogP contribution in [-0.2, 0) is 7.05 Å². The van der Waals surface area contributed by atoms with Gasteiger partial charge in [-0.1, -0.05) is 27.7 Å². The predicted octanol–water partition coefficient (Wildman–Crippen LogP) is 3.58. The van der Waals surface area contributed by atoms with E-state index in [1.807, 2.05) is 6.20 Å². The Morgan fingerprint density at radius 3 is 2.80 bits per heavy atom. The Kier molecular flexibility index (Phi) is 4.90. The van der Waals surface area contributed by atoms with E-state index in [1.54, 1.807) is 0 Å². The van der Waals surface area contributed by atoms with E-state index in [1.165, 1.54) is 25.0 Å². The molecule has 2 unspecified atom stereocenters. The molecule has 1 aliphatic rings. The number of aromatic nitrogens is 2. The first-order valence-electron chi connectivity index (χ1n) is 8.07. The van der Waals surface area contributed by atoms with Crippen LogP contribution in [0.2, 0.25) is 0 Å². The fraction of sp³-hybridized carbons (Fsp3) is 0.824. The number of hydrogen-bond donors (Lipinski definition) is 1. The molecule has 1 heterocycles. The van der Waals surface area contributed by atoms with Gasteiger partial charge in [-0.2, -0.15) is 5.10 Å². The van der Waals surface area contributed by atoms with Gasteiger partial charge in [0.05, 0.1) is 0 Å². The molecule has 1 aromatic heterocycles. The van der Waals surface area contributed by atoms with Crippen LogP contribution in [0.25, 0.3) is 0 Å². The SMILES string of the molecule is CC(C)CNCC1CCC(C)(C)CC1c1ccnn1C. The van der Waals surface area contributed by atoms with E-state index in [4.69, 9.17) is 0 Å². The molecule has 2 atom stereocenters. The van der Waals surface area contributed by atoms with Crippen molar-refractivity contribution in [2.24, 2.45) is 24.3 Å². The van der Waals surface area contributed by atoms with E-state index in [2.05, 4.69) is 55.9 Å². The van der Waals surface area contributed by atoms with Gasteiger partial charge in [0.15, 0.2) is 0 Å². The molecule has 3 nitrogen and oxygen atoms in total. The van der Waals surface area contributed by atoms with Crippen LogP contribution >= 0.6 is 0 Å². The molecule has 1 fully saturated rings. The topological polar surface area (TPSA) is 29.9 Å². The Bertz CT molecular complexity index is 420. The van der Waals surface area contributed by atoms with Gasteiger partial charge in [0.2, 0.25) is 0 Å². The maximum Gasteiger partial charge on any atom is 0.0492 e. The lowest BCUT2D eigenvalue weighted by Crippen LogP contribution is -2.36. The highest BCUT2D eigenvalue weighted by molar-refractivity contribution is 5.12. The summed E-state index contributed by atoms with van der Waals surface area (Å²) < 4.78 is 2.07. The predicted molar refractivity (Wildman–Crippen MR) is 84.8 cm³/mol. The zero-order valence-corrected chi connectivity index (χ0v) is 13.8. The third-order valence-electron chi connectivity index (χ3n) is 4.73. The summed E-state index contributed by atoms with van der Waals surface area (Å²) in [7, 11) is 2.08.